The van der Waals surface area contributed by atoms with E-state index in [9.17, 15) is 0 Å². The van der Waals surface area contributed by atoms with Crippen LogP contribution in [0, 0.1) is 5.92 Å². The maximum absolute atomic E-state index is 5.94. The molecule has 0 saturated heterocycles. The molecule has 2 nitrogen and oxygen atoms in total. The van der Waals surface area contributed by atoms with Crippen molar-refractivity contribution in [2.24, 2.45) is 11.5 Å². The van der Waals surface area contributed by atoms with E-state index in [-0.39, 0.29) is 0 Å². The highest BCUT2D eigenvalue weighted by Gasteiger charge is 2.25. The Balaban J connectivity index is 2.31. The highest BCUT2D eigenvalue weighted by atomic mass is 14.7. The first-order valence-corrected chi connectivity index (χ1v) is 4.59. The molecule has 0 spiro atoms. The molecule has 0 amide bonds. The zero-order valence-electron chi connectivity index (χ0n) is 7.34. The zero-order valence-corrected chi connectivity index (χ0v) is 7.34. The van der Waals surface area contributed by atoms with E-state index >= 15 is 0 Å². The molecule has 4 N–H and O–H groups in total. The molecule has 0 bridgehead atoms. The molecule has 1 aliphatic rings. The summed E-state index contributed by atoms with van der Waals surface area (Å²) < 4.78 is 0. The second-order valence-electron chi connectivity index (χ2n) is 3.55. The third-order valence-electron chi connectivity index (χ3n) is 2.49. The highest BCUT2D eigenvalue weighted by Crippen LogP contribution is 2.27. The molecule has 1 rings (SSSR count). The van der Waals surface area contributed by atoms with Gasteiger partial charge in [0.1, 0.15) is 0 Å². The van der Waals surface area contributed by atoms with Crippen molar-refractivity contribution in [1.82, 2.24) is 0 Å². The maximum Gasteiger partial charge on any atom is 0.0116 e. The van der Waals surface area contributed by atoms with Crippen LogP contribution in [0.2, 0.25) is 0 Å². The van der Waals surface area contributed by atoms with Crippen LogP contribution < -0.4 is 11.5 Å². The lowest BCUT2D eigenvalue weighted by Crippen LogP contribution is -2.40. The Labute approximate surface area is 69.3 Å². The minimum Gasteiger partial charge on any atom is -0.328 e. The normalized spacial score (nSPS) is 34.1. The summed E-state index contributed by atoms with van der Waals surface area (Å²) in [5, 5.41) is 0. The third kappa shape index (κ3) is 2.46. The van der Waals surface area contributed by atoms with Gasteiger partial charge in [-0.25, -0.2) is 0 Å². The number of nitrogens with two attached hydrogens (primary N) is 2. The third-order valence-corrected chi connectivity index (χ3v) is 2.49. The van der Waals surface area contributed by atoms with Gasteiger partial charge in [-0.1, -0.05) is 13.3 Å². The summed E-state index contributed by atoms with van der Waals surface area (Å²) in [6.45, 7) is 2.20. The van der Waals surface area contributed by atoms with Gasteiger partial charge in [0, 0.05) is 12.1 Å². The van der Waals surface area contributed by atoms with Gasteiger partial charge in [-0.15, -0.1) is 0 Å². The Morgan fingerprint density at radius 2 is 2.18 bits per heavy atom. The quantitative estimate of drug-likeness (QED) is 0.629. The van der Waals surface area contributed by atoms with Gasteiger partial charge in [0.05, 0.1) is 0 Å². The minimum absolute atomic E-state index is 0.290. The summed E-state index contributed by atoms with van der Waals surface area (Å²) in [5.74, 6) is 1.54. The zero-order chi connectivity index (χ0) is 8.27. The second-order valence-corrected chi connectivity index (χ2v) is 3.55. The monoisotopic (exact) mass is 155 g/mol. The number of hydrogen-bond donors (Lipinski definition) is 2. The summed E-state index contributed by atoms with van der Waals surface area (Å²) in [6.07, 6.45) is 5.72. The van der Waals surface area contributed by atoms with Crippen LogP contribution in [0.25, 0.3) is 0 Å². The van der Waals surface area contributed by atoms with Crippen LogP contribution in [0.1, 0.15) is 39.0 Å². The topological polar surface area (TPSA) is 52.0 Å². The summed E-state index contributed by atoms with van der Waals surface area (Å²) in [5.41, 5.74) is 11.7. The van der Waals surface area contributed by atoms with Crippen LogP contribution in [0.4, 0.5) is 0 Å². The van der Waals surface area contributed by atoms with Crippen LogP contribution in [0.3, 0.4) is 0 Å². The van der Waals surface area contributed by atoms with Crippen LogP contribution in [0.15, 0.2) is 0 Å². The van der Waals surface area contributed by atoms with Crippen molar-refractivity contribution < 1.29 is 0 Å². The van der Waals surface area contributed by atoms with Gasteiger partial charge in [-0.3, -0.25) is 0 Å². The van der Waals surface area contributed by atoms with Crippen LogP contribution >= 0.6 is 0 Å². The molecule has 0 heterocycles. The van der Waals surface area contributed by atoms with Gasteiger partial charge in [0.25, 0.3) is 0 Å². The summed E-state index contributed by atoms with van der Waals surface area (Å²) in [7, 11) is 0. The van der Waals surface area contributed by atoms with E-state index in [0.29, 0.717) is 12.1 Å². The van der Waals surface area contributed by atoms with Crippen molar-refractivity contribution in [1.29, 1.82) is 0 Å². The molecule has 1 fully saturated rings. The Kier molecular flexibility index (Phi) is 3.34. The molecule has 1 radical (unpaired) electrons. The molecule has 2 unspecified atom stereocenters. The van der Waals surface area contributed by atoms with Crippen LogP contribution in [-0.2, 0) is 0 Å². The van der Waals surface area contributed by atoms with Crippen molar-refractivity contribution in [3.05, 3.63) is 5.92 Å². The molecular formula is C9H19N2. The van der Waals surface area contributed by atoms with E-state index in [2.05, 4.69) is 6.92 Å². The number of hydrogen-bond acceptors (Lipinski definition) is 2. The fraction of sp³-hybridized carbons (Fsp3) is 0.889. The van der Waals surface area contributed by atoms with Crippen LogP contribution in [-0.4, -0.2) is 12.1 Å². The van der Waals surface area contributed by atoms with Crippen molar-refractivity contribution in [3.8, 4) is 0 Å². The molecule has 0 aromatic rings. The molecule has 0 aliphatic heterocycles. The highest BCUT2D eigenvalue weighted by molar-refractivity contribution is 5.04. The molecule has 11 heavy (non-hydrogen) atoms. The van der Waals surface area contributed by atoms with E-state index in [1.807, 2.05) is 0 Å². The Hall–Kier alpha value is -0.0800. The first-order chi connectivity index (χ1) is 5.24. The Morgan fingerprint density at radius 3 is 2.73 bits per heavy atom. The Morgan fingerprint density at radius 1 is 1.45 bits per heavy atom. The summed E-state index contributed by atoms with van der Waals surface area (Å²) in [6, 6.07) is 0.643. The fourth-order valence-corrected chi connectivity index (χ4v) is 1.80. The largest absolute Gasteiger partial charge is 0.328 e. The van der Waals surface area contributed by atoms with Gasteiger partial charge < -0.3 is 11.5 Å². The average Bonchev–Trinajstić information content (AvgIpc) is 1.95. The first-order valence-electron chi connectivity index (χ1n) is 4.59. The second kappa shape index (κ2) is 4.07. The van der Waals surface area contributed by atoms with E-state index < -0.39 is 0 Å². The van der Waals surface area contributed by atoms with Gasteiger partial charge in [0.15, 0.2) is 0 Å². The molecule has 2 heteroatoms. The lowest BCUT2D eigenvalue weighted by molar-refractivity contribution is 0.401. The summed E-state index contributed by atoms with van der Waals surface area (Å²) >= 11 is 0. The van der Waals surface area contributed by atoms with E-state index in [4.69, 9.17) is 11.5 Å². The Bertz CT molecular complexity index is 114. The average molecular weight is 155 g/mol. The molecule has 1 saturated carbocycles. The van der Waals surface area contributed by atoms with E-state index in [1.165, 1.54) is 18.8 Å². The smallest absolute Gasteiger partial charge is 0.0116 e. The molecule has 2 atom stereocenters. The molecule has 1 aliphatic carbocycles. The molecule has 65 valence electrons. The lowest BCUT2D eigenvalue weighted by atomic mass is 9.80. The molecular weight excluding hydrogens is 136 g/mol. The van der Waals surface area contributed by atoms with Gasteiger partial charge >= 0.3 is 0 Å². The summed E-state index contributed by atoms with van der Waals surface area (Å²) in [4.78, 5) is 0. The predicted molar refractivity (Wildman–Crippen MR) is 48.0 cm³/mol. The van der Waals surface area contributed by atoms with E-state index in [1.54, 1.807) is 0 Å². The lowest BCUT2D eigenvalue weighted by Gasteiger charge is -2.31. The van der Waals surface area contributed by atoms with Crippen molar-refractivity contribution in [2.45, 2.75) is 51.1 Å². The SMILES string of the molecule is CCC[C]1CCC(N)CC1N. The van der Waals surface area contributed by atoms with Crippen molar-refractivity contribution in [2.75, 3.05) is 0 Å². The maximum atomic E-state index is 5.94. The fourth-order valence-electron chi connectivity index (χ4n) is 1.80. The molecule has 0 aromatic heterocycles. The van der Waals surface area contributed by atoms with Gasteiger partial charge in [-0.2, -0.15) is 0 Å². The minimum atomic E-state index is 0.290. The standard InChI is InChI=1S/C9H19N2/c1-2-3-7-4-5-8(10)6-9(7)11/h8-9H,2-6,10-11H2,1H3. The van der Waals surface area contributed by atoms with Crippen LogP contribution in [0.5, 0.6) is 0 Å². The molecule has 0 aromatic carbocycles. The van der Waals surface area contributed by atoms with E-state index in [0.717, 1.165) is 19.3 Å². The predicted octanol–water partition coefficient (Wildman–Crippen LogP) is 1.20. The van der Waals surface area contributed by atoms with Crippen molar-refractivity contribution >= 4 is 0 Å². The number of rotatable bonds is 2. The first kappa shape index (κ1) is 9.01. The van der Waals surface area contributed by atoms with Gasteiger partial charge in [-0.05, 0) is 31.6 Å². The van der Waals surface area contributed by atoms with Crippen molar-refractivity contribution in [3.63, 3.8) is 0 Å². The van der Waals surface area contributed by atoms with Gasteiger partial charge in [0.2, 0.25) is 0 Å².